The zero-order valence-electron chi connectivity index (χ0n) is 10.8. The van der Waals surface area contributed by atoms with Crippen LogP contribution in [0.4, 0.5) is 10.1 Å². The predicted molar refractivity (Wildman–Crippen MR) is 75.9 cm³/mol. The molecule has 2 N–H and O–H groups in total. The van der Waals surface area contributed by atoms with Crippen LogP contribution in [-0.2, 0) is 9.59 Å². The van der Waals surface area contributed by atoms with Crippen molar-refractivity contribution in [3.05, 3.63) is 28.5 Å². The molecule has 0 bridgehead atoms. The molecule has 0 aliphatic heterocycles. The van der Waals surface area contributed by atoms with Crippen LogP contribution < -0.4 is 5.32 Å². The maximum atomic E-state index is 13.6. The standard InChI is InChI=1S/C14H15BrFNO3/c15-9-3-4-11(10(16)7-9)17-12(18)8-14(13(19)20)5-1-2-6-14/h3-4,7H,1-2,5-6,8H2,(H,17,18)(H,19,20). The third kappa shape index (κ3) is 3.17. The number of anilines is 1. The van der Waals surface area contributed by atoms with Crippen LogP contribution in [0.2, 0.25) is 0 Å². The van der Waals surface area contributed by atoms with Gasteiger partial charge in [-0.1, -0.05) is 28.8 Å². The summed E-state index contributed by atoms with van der Waals surface area (Å²) >= 11 is 3.13. The molecule has 4 nitrogen and oxygen atoms in total. The average molecular weight is 344 g/mol. The Hall–Kier alpha value is -1.43. The molecule has 20 heavy (non-hydrogen) atoms. The molecule has 1 aromatic carbocycles. The number of carbonyl (C=O) groups is 2. The van der Waals surface area contributed by atoms with Crippen molar-refractivity contribution in [2.45, 2.75) is 32.1 Å². The minimum absolute atomic E-state index is 0.0664. The summed E-state index contributed by atoms with van der Waals surface area (Å²) < 4.78 is 14.2. The molecule has 0 radical (unpaired) electrons. The highest BCUT2D eigenvalue weighted by molar-refractivity contribution is 9.10. The topological polar surface area (TPSA) is 66.4 Å². The van der Waals surface area contributed by atoms with Gasteiger partial charge in [0, 0.05) is 10.9 Å². The van der Waals surface area contributed by atoms with E-state index in [2.05, 4.69) is 21.2 Å². The smallest absolute Gasteiger partial charge is 0.310 e. The molecule has 0 spiro atoms. The maximum Gasteiger partial charge on any atom is 0.310 e. The molecule has 108 valence electrons. The van der Waals surface area contributed by atoms with Crippen molar-refractivity contribution in [1.82, 2.24) is 0 Å². The van der Waals surface area contributed by atoms with E-state index in [4.69, 9.17) is 0 Å². The molecule has 0 aromatic heterocycles. The third-order valence-corrected chi connectivity index (χ3v) is 4.21. The Morgan fingerprint density at radius 3 is 2.55 bits per heavy atom. The Morgan fingerprint density at radius 2 is 2.00 bits per heavy atom. The van der Waals surface area contributed by atoms with Crippen molar-refractivity contribution in [3.8, 4) is 0 Å². The second-order valence-electron chi connectivity index (χ2n) is 5.14. The summed E-state index contributed by atoms with van der Waals surface area (Å²) in [5.74, 6) is -1.96. The van der Waals surface area contributed by atoms with Crippen LogP contribution in [0, 0.1) is 11.2 Å². The Kier molecular flexibility index (Phi) is 4.42. The Labute approximate surface area is 124 Å². The van der Waals surface area contributed by atoms with Gasteiger partial charge in [0.05, 0.1) is 11.1 Å². The highest BCUT2D eigenvalue weighted by Crippen LogP contribution is 2.41. The van der Waals surface area contributed by atoms with Crippen molar-refractivity contribution in [3.63, 3.8) is 0 Å². The highest BCUT2D eigenvalue weighted by Gasteiger charge is 2.43. The van der Waals surface area contributed by atoms with E-state index in [0.717, 1.165) is 12.8 Å². The highest BCUT2D eigenvalue weighted by atomic mass is 79.9. The van der Waals surface area contributed by atoms with E-state index in [9.17, 15) is 19.1 Å². The van der Waals surface area contributed by atoms with E-state index in [0.29, 0.717) is 17.3 Å². The number of hydrogen-bond acceptors (Lipinski definition) is 2. The number of carboxylic acids is 1. The molecule has 1 aliphatic rings. The van der Waals surface area contributed by atoms with E-state index in [-0.39, 0.29) is 12.1 Å². The Morgan fingerprint density at radius 1 is 1.35 bits per heavy atom. The van der Waals surface area contributed by atoms with Gasteiger partial charge in [0.2, 0.25) is 5.91 Å². The van der Waals surface area contributed by atoms with Crippen LogP contribution >= 0.6 is 15.9 Å². The van der Waals surface area contributed by atoms with Crippen LogP contribution in [0.25, 0.3) is 0 Å². The molecule has 0 unspecified atom stereocenters. The molecule has 0 atom stereocenters. The summed E-state index contributed by atoms with van der Waals surface area (Å²) in [5, 5.41) is 11.8. The molecular formula is C14H15BrFNO3. The number of hydrogen-bond donors (Lipinski definition) is 2. The number of amides is 1. The average Bonchev–Trinajstić information content (AvgIpc) is 2.82. The number of benzene rings is 1. The van der Waals surface area contributed by atoms with Crippen LogP contribution in [0.1, 0.15) is 32.1 Å². The zero-order valence-corrected chi connectivity index (χ0v) is 12.4. The fourth-order valence-corrected chi connectivity index (χ4v) is 2.94. The van der Waals surface area contributed by atoms with Gasteiger partial charge in [-0.15, -0.1) is 0 Å². The lowest BCUT2D eigenvalue weighted by Gasteiger charge is -2.22. The van der Waals surface area contributed by atoms with Gasteiger partial charge >= 0.3 is 5.97 Å². The third-order valence-electron chi connectivity index (χ3n) is 3.72. The first-order valence-corrected chi connectivity index (χ1v) is 7.21. The van der Waals surface area contributed by atoms with Crippen molar-refractivity contribution < 1.29 is 19.1 Å². The van der Waals surface area contributed by atoms with E-state index in [1.54, 1.807) is 6.07 Å². The number of halogens is 2. The monoisotopic (exact) mass is 343 g/mol. The van der Waals surface area contributed by atoms with Gasteiger partial charge in [0.1, 0.15) is 5.82 Å². The fraction of sp³-hybridized carbons (Fsp3) is 0.429. The molecule has 1 aliphatic carbocycles. The summed E-state index contributed by atoms with van der Waals surface area (Å²) in [6.07, 6.45) is 2.51. The molecular weight excluding hydrogens is 329 g/mol. The van der Waals surface area contributed by atoms with Gasteiger partial charge in [0.15, 0.2) is 0 Å². The number of carboxylic acid groups (broad SMARTS) is 1. The van der Waals surface area contributed by atoms with Crippen molar-refractivity contribution in [1.29, 1.82) is 0 Å². The molecule has 1 amide bonds. The normalized spacial score (nSPS) is 16.9. The van der Waals surface area contributed by atoms with Crippen LogP contribution in [0.3, 0.4) is 0 Å². The van der Waals surface area contributed by atoms with Gasteiger partial charge in [-0.2, -0.15) is 0 Å². The summed E-state index contributed by atoms with van der Waals surface area (Å²) in [6, 6.07) is 4.30. The number of nitrogens with one attached hydrogen (secondary N) is 1. The largest absolute Gasteiger partial charge is 0.481 e. The van der Waals surface area contributed by atoms with Crippen molar-refractivity contribution in [2.75, 3.05) is 5.32 Å². The van der Waals surface area contributed by atoms with Crippen LogP contribution in [0.15, 0.2) is 22.7 Å². The van der Waals surface area contributed by atoms with Crippen LogP contribution in [0.5, 0.6) is 0 Å². The molecule has 0 heterocycles. The minimum atomic E-state index is -0.990. The molecule has 1 aromatic rings. The van der Waals surface area contributed by atoms with Gasteiger partial charge in [0.25, 0.3) is 0 Å². The van der Waals surface area contributed by atoms with E-state index >= 15 is 0 Å². The van der Waals surface area contributed by atoms with E-state index < -0.39 is 23.1 Å². The SMILES string of the molecule is O=C(CC1(C(=O)O)CCCC1)Nc1ccc(Br)cc1F. The molecule has 6 heteroatoms. The summed E-state index contributed by atoms with van der Waals surface area (Å²) in [7, 11) is 0. The van der Waals surface area contributed by atoms with E-state index in [1.807, 2.05) is 0 Å². The first kappa shape index (κ1) is 15.0. The molecule has 1 saturated carbocycles. The summed E-state index contributed by atoms with van der Waals surface area (Å²) in [5.41, 5.74) is -0.924. The number of rotatable bonds is 4. The van der Waals surface area contributed by atoms with Crippen LogP contribution in [-0.4, -0.2) is 17.0 Å². The Balaban J connectivity index is 2.07. The van der Waals surface area contributed by atoms with Gasteiger partial charge in [-0.25, -0.2) is 4.39 Å². The molecule has 0 saturated heterocycles. The lowest BCUT2D eigenvalue weighted by Crippen LogP contribution is -2.32. The molecule has 2 rings (SSSR count). The minimum Gasteiger partial charge on any atom is -0.481 e. The quantitative estimate of drug-likeness (QED) is 0.878. The first-order valence-electron chi connectivity index (χ1n) is 6.41. The number of aliphatic carboxylic acids is 1. The lowest BCUT2D eigenvalue weighted by atomic mass is 9.82. The number of carbonyl (C=O) groups excluding carboxylic acids is 1. The predicted octanol–water partition coefficient (Wildman–Crippen LogP) is 3.56. The van der Waals surface area contributed by atoms with Gasteiger partial charge in [-0.05, 0) is 31.0 Å². The second-order valence-corrected chi connectivity index (χ2v) is 6.06. The zero-order chi connectivity index (χ0) is 14.8. The lowest BCUT2D eigenvalue weighted by molar-refractivity contribution is -0.150. The molecule has 1 fully saturated rings. The second kappa shape index (κ2) is 5.91. The van der Waals surface area contributed by atoms with E-state index in [1.165, 1.54) is 12.1 Å². The van der Waals surface area contributed by atoms with Crippen molar-refractivity contribution in [2.24, 2.45) is 5.41 Å². The summed E-state index contributed by atoms with van der Waals surface area (Å²) in [6.45, 7) is 0. The van der Waals surface area contributed by atoms with Crippen molar-refractivity contribution >= 4 is 33.5 Å². The Bertz CT molecular complexity index is 541. The maximum absolute atomic E-state index is 13.6. The van der Waals surface area contributed by atoms with Gasteiger partial charge < -0.3 is 10.4 Å². The van der Waals surface area contributed by atoms with Gasteiger partial charge in [-0.3, -0.25) is 9.59 Å². The fourth-order valence-electron chi connectivity index (χ4n) is 2.61. The summed E-state index contributed by atoms with van der Waals surface area (Å²) in [4.78, 5) is 23.3. The first-order chi connectivity index (χ1) is 9.43.